The van der Waals surface area contributed by atoms with E-state index in [2.05, 4.69) is 10.4 Å². The lowest BCUT2D eigenvalue weighted by molar-refractivity contribution is -0.133. The summed E-state index contributed by atoms with van der Waals surface area (Å²) in [5, 5.41) is 10.3. The van der Waals surface area contributed by atoms with Crippen LogP contribution in [0.4, 0.5) is 0 Å². The fraction of sp³-hybridized carbons (Fsp3) is 0.222. The van der Waals surface area contributed by atoms with Crippen molar-refractivity contribution in [2.45, 2.75) is 39.0 Å². The van der Waals surface area contributed by atoms with E-state index in [1.807, 2.05) is 73.0 Å². The van der Waals surface area contributed by atoms with Gasteiger partial charge in [0.25, 0.3) is 5.91 Å². The number of carbonyl (C=O) groups is 2. The van der Waals surface area contributed by atoms with Crippen LogP contribution in [0.2, 0.25) is 5.02 Å². The van der Waals surface area contributed by atoms with Gasteiger partial charge in [-0.3, -0.25) is 14.3 Å². The molecule has 2 amide bonds. The third-order valence-electron chi connectivity index (χ3n) is 6.36. The lowest BCUT2D eigenvalue weighted by Gasteiger charge is -2.43. The fourth-order valence-corrected chi connectivity index (χ4v) is 5.23. The van der Waals surface area contributed by atoms with E-state index in [-0.39, 0.29) is 24.9 Å². The van der Waals surface area contributed by atoms with Crippen LogP contribution < -0.4 is 5.32 Å². The zero-order valence-electron chi connectivity index (χ0n) is 19.5. The molecule has 2 aromatic heterocycles. The van der Waals surface area contributed by atoms with Crippen LogP contribution >= 0.6 is 22.9 Å². The summed E-state index contributed by atoms with van der Waals surface area (Å²) in [6, 6.07) is 21.1. The summed E-state index contributed by atoms with van der Waals surface area (Å²) in [5.41, 5.74) is 3.07. The average molecular weight is 505 g/mol. The fourth-order valence-electron chi connectivity index (χ4n) is 4.33. The molecule has 0 bridgehead atoms. The maximum absolute atomic E-state index is 13.8. The monoisotopic (exact) mass is 504 g/mol. The summed E-state index contributed by atoms with van der Waals surface area (Å²) in [5.74, 6) is -0.466. The number of nitrogens with zero attached hydrogens (tertiary/aromatic N) is 3. The number of amides is 2. The summed E-state index contributed by atoms with van der Waals surface area (Å²) >= 11 is 7.77. The Labute approximate surface area is 213 Å². The van der Waals surface area contributed by atoms with Gasteiger partial charge in [-0.2, -0.15) is 5.10 Å². The van der Waals surface area contributed by atoms with E-state index >= 15 is 0 Å². The van der Waals surface area contributed by atoms with Crippen molar-refractivity contribution in [1.82, 2.24) is 20.0 Å². The minimum atomic E-state index is -1.14. The SMILES string of the molecule is Cc1ccc(CNC(=O)[C@]2(C)Cn3nc(-c4cccs4)cc3C(=O)N2Cc2cccc(Cl)c2)cc1. The number of aromatic nitrogens is 2. The van der Waals surface area contributed by atoms with Crippen molar-refractivity contribution in [3.63, 3.8) is 0 Å². The molecule has 0 radical (unpaired) electrons. The maximum atomic E-state index is 13.8. The van der Waals surface area contributed by atoms with Gasteiger partial charge in [-0.05, 0) is 54.6 Å². The van der Waals surface area contributed by atoms with Gasteiger partial charge in [0.15, 0.2) is 0 Å². The van der Waals surface area contributed by atoms with Crippen LogP contribution in [0.1, 0.15) is 34.1 Å². The molecule has 35 heavy (non-hydrogen) atoms. The molecule has 0 saturated heterocycles. The Bertz CT molecular complexity index is 1380. The Kier molecular flexibility index (Phi) is 6.21. The molecule has 3 heterocycles. The number of rotatable bonds is 6. The summed E-state index contributed by atoms with van der Waals surface area (Å²) in [6.45, 7) is 4.71. The molecule has 1 atom stereocenters. The van der Waals surface area contributed by atoms with Gasteiger partial charge in [-0.25, -0.2) is 0 Å². The summed E-state index contributed by atoms with van der Waals surface area (Å²) < 4.78 is 1.66. The van der Waals surface area contributed by atoms with Crippen molar-refractivity contribution >= 4 is 34.8 Å². The first-order valence-corrected chi connectivity index (χ1v) is 12.6. The van der Waals surface area contributed by atoms with E-state index in [9.17, 15) is 9.59 Å². The molecule has 0 unspecified atom stereocenters. The van der Waals surface area contributed by atoms with Gasteiger partial charge >= 0.3 is 0 Å². The molecule has 0 saturated carbocycles. The number of nitrogens with one attached hydrogen (secondary N) is 1. The molecule has 1 aliphatic rings. The van der Waals surface area contributed by atoms with E-state index in [0.29, 0.717) is 17.3 Å². The van der Waals surface area contributed by atoms with Gasteiger partial charge < -0.3 is 10.2 Å². The van der Waals surface area contributed by atoms with Gasteiger partial charge in [0.2, 0.25) is 5.91 Å². The third kappa shape index (κ3) is 4.61. The minimum absolute atomic E-state index is 0.229. The van der Waals surface area contributed by atoms with E-state index in [0.717, 1.165) is 27.3 Å². The first-order chi connectivity index (χ1) is 16.8. The molecule has 1 aliphatic heterocycles. The predicted octanol–water partition coefficient (Wildman–Crippen LogP) is 5.30. The quantitative estimate of drug-likeness (QED) is 0.387. The molecular formula is C27H25ClN4O2S. The number of hydrogen-bond acceptors (Lipinski definition) is 4. The van der Waals surface area contributed by atoms with Gasteiger partial charge in [-0.15, -0.1) is 11.3 Å². The zero-order chi connectivity index (χ0) is 24.6. The molecular weight excluding hydrogens is 480 g/mol. The predicted molar refractivity (Wildman–Crippen MR) is 138 cm³/mol. The van der Waals surface area contributed by atoms with Crippen LogP contribution in [0, 0.1) is 6.92 Å². The van der Waals surface area contributed by atoms with E-state index in [4.69, 9.17) is 11.6 Å². The summed E-state index contributed by atoms with van der Waals surface area (Å²) in [7, 11) is 0. The minimum Gasteiger partial charge on any atom is -0.350 e. The number of thiophene rings is 1. The van der Waals surface area contributed by atoms with Crippen molar-refractivity contribution in [2.24, 2.45) is 0 Å². The van der Waals surface area contributed by atoms with E-state index < -0.39 is 5.54 Å². The Morgan fingerprint density at radius 2 is 1.91 bits per heavy atom. The van der Waals surface area contributed by atoms with Crippen molar-refractivity contribution in [3.8, 4) is 10.6 Å². The molecule has 178 valence electrons. The van der Waals surface area contributed by atoms with Crippen molar-refractivity contribution in [2.75, 3.05) is 0 Å². The largest absolute Gasteiger partial charge is 0.350 e. The average Bonchev–Trinajstić information content (AvgIpc) is 3.51. The second-order valence-electron chi connectivity index (χ2n) is 9.01. The number of fused-ring (bicyclic) bond motifs is 1. The number of aryl methyl sites for hydroxylation is 1. The molecule has 0 fully saturated rings. The van der Waals surface area contributed by atoms with Crippen molar-refractivity contribution in [1.29, 1.82) is 0 Å². The Morgan fingerprint density at radius 3 is 2.63 bits per heavy atom. The molecule has 4 aromatic rings. The highest BCUT2D eigenvalue weighted by molar-refractivity contribution is 7.13. The highest BCUT2D eigenvalue weighted by atomic mass is 35.5. The van der Waals surface area contributed by atoms with Gasteiger partial charge in [-0.1, -0.05) is 59.6 Å². The normalized spacial score (nSPS) is 17.3. The first-order valence-electron chi connectivity index (χ1n) is 11.4. The van der Waals surface area contributed by atoms with Crippen LogP contribution in [0.25, 0.3) is 10.6 Å². The highest BCUT2D eigenvalue weighted by Crippen LogP contribution is 2.33. The van der Waals surface area contributed by atoms with E-state index in [1.165, 1.54) is 0 Å². The maximum Gasteiger partial charge on any atom is 0.273 e. The van der Waals surface area contributed by atoms with Gasteiger partial charge in [0.1, 0.15) is 16.9 Å². The molecule has 8 heteroatoms. The van der Waals surface area contributed by atoms with Crippen molar-refractivity contribution in [3.05, 3.63) is 99.5 Å². The Morgan fingerprint density at radius 1 is 1.11 bits per heavy atom. The number of carbonyl (C=O) groups excluding carboxylic acids is 2. The topological polar surface area (TPSA) is 67.2 Å². The summed E-state index contributed by atoms with van der Waals surface area (Å²) in [6.07, 6.45) is 0. The van der Waals surface area contributed by atoms with Crippen LogP contribution in [-0.4, -0.2) is 32.0 Å². The molecule has 6 nitrogen and oxygen atoms in total. The zero-order valence-corrected chi connectivity index (χ0v) is 21.1. The second kappa shape index (κ2) is 9.32. The van der Waals surface area contributed by atoms with Crippen LogP contribution in [0.3, 0.4) is 0 Å². The smallest absolute Gasteiger partial charge is 0.273 e. The van der Waals surface area contributed by atoms with Crippen LogP contribution in [0.5, 0.6) is 0 Å². The molecule has 1 N–H and O–H groups in total. The third-order valence-corrected chi connectivity index (χ3v) is 7.49. The second-order valence-corrected chi connectivity index (χ2v) is 10.4. The van der Waals surface area contributed by atoms with Crippen LogP contribution in [0.15, 0.2) is 72.1 Å². The molecule has 0 aliphatic carbocycles. The van der Waals surface area contributed by atoms with Gasteiger partial charge in [0, 0.05) is 18.1 Å². The molecule has 0 spiro atoms. The molecule has 2 aromatic carbocycles. The lowest BCUT2D eigenvalue weighted by atomic mass is 9.94. The number of halogens is 1. The van der Waals surface area contributed by atoms with Crippen molar-refractivity contribution < 1.29 is 9.59 Å². The van der Waals surface area contributed by atoms with E-state index in [1.54, 1.807) is 33.9 Å². The lowest BCUT2D eigenvalue weighted by Crippen LogP contribution is -2.63. The molecule has 5 rings (SSSR count). The van der Waals surface area contributed by atoms with Crippen LogP contribution in [-0.2, 0) is 24.4 Å². The summed E-state index contributed by atoms with van der Waals surface area (Å²) in [4.78, 5) is 30.0. The number of benzene rings is 2. The highest BCUT2D eigenvalue weighted by Gasteiger charge is 2.48. The Balaban J connectivity index is 1.48. The first kappa shape index (κ1) is 23.3. The Hall–Kier alpha value is -3.42. The van der Waals surface area contributed by atoms with Gasteiger partial charge in [0.05, 0.1) is 11.4 Å². The standard InChI is InChI=1S/C27H25ClN4O2S/c1-18-8-10-19(11-9-18)15-29-26(34)27(2)17-32-23(14-22(30-32)24-7-4-12-35-24)25(33)31(27)16-20-5-3-6-21(28)13-20/h3-14H,15-17H2,1-2H3,(H,29,34)/t27-/m0/s1. The number of hydrogen-bond donors (Lipinski definition) is 1.